The normalized spacial score (nSPS) is 11.6. The average molecular weight is 399 g/mol. The number of nitrogens with zero attached hydrogens (tertiary/aromatic N) is 2. The molecule has 7 heteroatoms. The van der Waals surface area contributed by atoms with Crippen molar-refractivity contribution >= 4 is 10.0 Å². The third kappa shape index (κ3) is 5.28. The second-order valence-corrected chi connectivity index (χ2v) is 8.72. The summed E-state index contributed by atoms with van der Waals surface area (Å²) in [5, 5.41) is 8.10. The zero-order valence-electron chi connectivity index (χ0n) is 16.2. The SMILES string of the molecule is CCS(=O)(=O)NCCNCc1cn(-c2ccccc2)nc1-c1ccc(C)cc1. The summed E-state index contributed by atoms with van der Waals surface area (Å²) >= 11 is 0. The molecule has 0 atom stereocenters. The minimum Gasteiger partial charge on any atom is -0.311 e. The molecule has 0 fully saturated rings. The van der Waals surface area contributed by atoms with E-state index in [2.05, 4.69) is 41.2 Å². The Morgan fingerprint density at radius 3 is 2.39 bits per heavy atom. The van der Waals surface area contributed by atoms with Crippen LogP contribution in [0.1, 0.15) is 18.1 Å². The van der Waals surface area contributed by atoms with Crippen LogP contribution in [-0.4, -0.2) is 37.0 Å². The lowest BCUT2D eigenvalue weighted by molar-refractivity contribution is 0.577. The van der Waals surface area contributed by atoms with E-state index in [1.165, 1.54) is 5.56 Å². The van der Waals surface area contributed by atoms with Gasteiger partial charge in [-0.2, -0.15) is 5.10 Å². The lowest BCUT2D eigenvalue weighted by Gasteiger charge is -2.07. The molecule has 0 bridgehead atoms. The minimum absolute atomic E-state index is 0.0917. The molecule has 2 N–H and O–H groups in total. The molecule has 1 aromatic heterocycles. The molecule has 0 saturated heterocycles. The third-order valence-electron chi connectivity index (χ3n) is 4.46. The van der Waals surface area contributed by atoms with Crippen molar-refractivity contribution in [3.63, 3.8) is 0 Å². The lowest BCUT2D eigenvalue weighted by atomic mass is 10.1. The van der Waals surface area contributed by atoms with Crippen molar-refractivity contribution in [2.45, 2.75) is 20.4 Å². The van der Waals surface area contributed by atoms with Crippen LogP contribution < -0.4 is 10.0 Å². The van der Waals surface area contributed by atoms with Gasteiger partial charge in [0.15, 0.2) is 0 Å². The van der Waals surface area contributed by atoms with E-state index in [4.69, 9.17) is 5.10 Å². The highest BCUT2D eigenvalue weighted by Crippen LogP contribution is 2.24. The quantitative estimate of drug-likeness (QED) is 0.544. The Balaban J connectivity index is 1.76. The van der Waals surface area contributed by atoms with E-state index in [9.17, 15) is 8.42 Å². The van der Waals surface area contributed by atoms with E-state index in [0.717, 1.165) is 22.5 Å². The summed E-state index contributed by atoms with van der Waals surface area (Å²) in [7, 11) is -3.16. The summed E-state index contributed by atoms with van der Waals surface area (Å²) < 4.78 is 27.5. The summed E-state index contributed by atoms with van der Waals surface area (Å²) in [5.74, 6) is 0.0917. The summed E-state index contributed by atoms with van der Waals surface area (Å²) in [6, 6.07) is 18.3. The van der Waals surface area contributed by atoms with Gasteiger partial charge in [0.1, 0.15) is 0 Å². The van der Waals surface area contributed by atoms with Crippen molar-refractivity contribution in [1.82, 2.24) is 19.8 Å². The van der Waals surface area contributed by atoms with Gasteiger partial charge in [0, 0.05) is 37.0 Å². The van der Waals surface area contributed by atoms with Crippen LogP contribution in [-0.2, 0) is 16.6 Å². The highest BCUT2D eigenvalue weighted by molar-refractivity contribution is 7.89. The number of hydrogen-bond donors (Lipinski definition) is 2. The van der Waals surface area contributed by atoms with Gasteiger partial charge in [0.05, 0.1) is 17.1 Å². The Kier molecular flexibility index (Phi) is 6.61. The number of aryl methyl sites for hydroxylation is 1. The Morgan fingerprint density at radius 2 is 1.71 bits per heavy atom. The van der Waals surface area contributed by atoms with Crippen LogP contribution in [0.3, 0.4) is 0 Å². The zero-order valence-corrected chi connectivity index (χ0v) is 17.0. The highest BCUT2D eigenvalue weighted by atomic mass is 32.2. The van der Waals surface area contributed by atoms with E-state index in [-0.39, 0.29) is 5.75 Å². The fraction of sp³-hybridized carbons (Fsp3) is 0.286. The van der Waals surface area contributed by atoms with Gasteiger partial charge in [0.25, 0.3) is 0 Å². The largest absolute Gasteiger partial charge is 0.311 e. The van der Waals surface area contributed by atoms with Crippen LogP contribution in [0.5, 0.6) is 0 Å². The molecule has 2 aromatic carbocycles. The minimum atomic E-state index is -3.16. The molecule has 0 aliphatic carbocycles. The van der Waals surface area contributed by atoms with Gasteiger partial charge in [0.2, 0.25) is 10.0 Å². The molecular weight excluding hydrogens is 372 g/mol. The number of nitrogens with one attached hydrogen (secondary N) is 2. The van der Waals surface area contributed by atoms with Crippen LogP contribution in [0.25, 0.3) is 16.9 Å². The summed E-state index contributed by atoms with van der Waals surface area (Å²) in [5.41, 5.74) is 5.24. The number of benzene rings is 2. The first kappa shape index (κ1) is 20.3. The van der Waals surface area contributed by atoms with Crippen LogP contribution in [0.2, 0.25) is 0 Å². The molecule has 0 aliphatic rings. The molecule has 3 aromatic rings. The molecule has 3 rings (SSSR count). The van der Waals surface area contributed by atoms with Crippen molar-refractivity contribution in [1.29, 1.82) is 0 Å². The van der Waals surface area contributed by atoms with Gasteiger partial charge < -0.3 is 5.32 Å². The predicted octanol–water partition coefficient (Wildman–Crippen LogP) is 2.88. The summed E-state index contributed by atoms with van der Waals surface area (Å²) in [6.07, 6.45) is 2.02. The molecule has 0 aliphatic heterocycles. The number of aromatic nitrogens is 2. The maximum absolute atomic E-state index is 11.5. The van der Waals surface area contributed by atoms with Gasteiger partial charge >= 0.3 is 0 Å². The van der Waals surface area contributed by atoms with Gasteiger partial charge in [-0.25, -0.2) is 17.8 Å². The number of hydrogen-bond acceptors (Lipinski definition) is 4. The molecule has 0 unspecified atom stereocenters. The van der Waals surface area contributed by atoms with Crippen molar-refractivity contribution in [2.75, 3.05) is 18.8 Å². The molecular formula is C21H26N4O2S. The van der Waals surface area contributed by atoms with Crippen molar-refractivity contribution in [3.05, 3.63) is 71.9 Å². The van der Waals surface area contributed by atoms with Gasteiger partial charge in [-0.05, 0) is 26.0 Å². The van der Waals surface area contributed by atoms with Crippen LogP contribution in [0.4, 0.5) is 0 Å². The van der Waals surface area contributed by atoms with Crippen LogP contribution in [0.15, 0.2) is 60.8 Å². The van der Waals surface area contributed by atoms with Crippen molar-refractivity contribution in [2.24, 2.45) is 0 Å². The Hall–Kier alpha value is -2.48. The van der Waals surface area contributed by atoms with Gasteiger partial charge in [-0.3, -0.25) is 0 Å². The average Bonchev–Trinajstić information content (AvgIpc) is 3.13. The van der Waals surface area contributed by atoms with Gasteiger partial charge in [-0.15, -0.1) is 0 Å². The second kappa shape index (κ2) is 9.14. The van der Waals surface area contributed by atoms with Crippen molar-refractivity contribution < 1.29 is 8.42 Å². The maximum Gasteiger partial charge on any atom is 0.211 e. The molecule has 28 heavy (non-hydrogen) atoms. The Labute approximate surface area is 166 Å². The first-order valence-corrected chi connectivity index (χ1v) is 11.0. The smallest absolute Gasteiger partial charge is 0.211 e. The van der Waals surface area contributed by atoms with Crippen molar-refractivity contribution in [3.8, 4) is 16.9 Å². The van der Waals surface area contributed by atoms with E-state index < -0.39 is 10.0 Å². The third-order valence-corrected chi connectivity index (χ3v) is 5.86. The van der Waals surface area contributed by atoms with E-state index in [0.29, 0.717) is 19.6 Å². The number of para-hydroxylation sites is 1. The standard InChI is InChI=1S/C21H26N4O2S/c1-3-28(26,27)23-14-13-22-15-19-16-25(20-7-5-4-6-8-20)24-21(19)18-11-9-17(2)10-12-18/h4-12,16,22-23H,3,13-15H2,1-2H3. The Bertz CT molecular complexity index is 997. The fourth-order valence-corrected chi connectivity index (χ4v) is 3.44. The maximum atomic E-state index is 11.5. The van der Waals surface area contributed by atoms with E-state index in [1.54, 1.807) is 6.92 Å². The molecule has 0 spiro atoms. The highest BCUT2D eigenvalue weighted by Gasteiger charge is 2.12. The van der Waals surface area contributed by atoms with E-state index in [1.807, 2.05) is 41.2 Å². The number of rotatable bonds is 9. The monoisotopic (exact) mass is 398 g/mol. The predicted molar refractivity (Wildman–Crippen MR) is 113 cm³/mol. The Morgan fingerprint density at radius 1 is 1.00 bits per heavy atom. The fourth-order valence-electron chi connectivity index (χ4n) is 2.83. The molecule has 1 heterocycles. The van der Waals surface area contributed by atoms with Gasteiger partial charge in [-0.1, -0.05) is 48.0 Å². The first-order chi connectivity index (χ1) is 13.5. The topological polar surface area (TPSA) is 76.0 Å². The summed E-state index contributed by atoms with van der Waals surface area (Å²) in [6.45, 7) is 5.20. The first-order valence-electron chi connectivity index (χ1n) is 9.37. The molecule has 0 radical (unpaired) electrons. The summed E-state index contributed by atoms with van der Waals surface area (Å²) in [4.78, 5) is 0. The second-order valence-electron chi connectivity index (χ2n) is 6.62. The van der Waals surface area contributed by atoms with Crippen LogP contribution >= 0.6 is 0 Å². The molecule has 6 nitrogen and oxygen atoms in total. The number of sulfonamides is 1. The van der Waals surface area contributed by atoms with Crippen LogP contribution in [0, 0.1) is 6.92 Å². The molecule has 148 valence electrons. The molecule has 0 amide bonds. The lowest BCUT2D eigenvalue weighted by Crippen LogP contribution is -2.32. The zero-order chi connectivity index (χ0) is 20.0. The molecule has 0 saturated carbocycles. The van der Waals surface area contributed by atoms with E-state index >= 15 is 0 Å².